The quantitative estimate of drug-likeness (QED) is 0.459. The molecule has 2 aromatic rings. The second-order valence-corrected chi connectivity index (χ2v) is 7.21. The third kappa shape index (κ3) is 4.15. The number of carbonyl (C=O) groups excluding carboxylic acids is 1. The van der Waals surface area contributed by atoms with E-state index < -0.39 is 16.4 Å². The van der Waals surface area contributed by atoms with Crippen molar-refractivity contribution in [1.82, 2.24) is 5.32 Å². The van der Waals surface area contributed by atoms with E-state index in [1.54, 1.807) is 0 Å². The summed E-state index contributed by atoms with van der Waals surface area (Å²) in [6.07, 6.45) is 1.49. The summed E-state index contributed by atoms with van der Waals surface area (Å²) in [6.45, 7) is 3.93. The molecule has 0 bridgehead atoms. The number of nitrogens with one attached hydrogen (secondary N) is 1. The smallest absolute Gasteiger partial charge is 0.315 e. The van der Waals surface area contributed by atoms with Gasteiger partial charge in [0.15, 0.2) is 10.9 Å². The number of hydrogen-bond acceptors (Lipinski definition) is 7. The van der Waals surface area contributed by atoms with Crippen LogP contribution in [0.2, 0.25) is 0 Å². The van der Waals surface area contributed by atoms with Gasteiger partial charge in [0.25, 0.3) is 5.91 Å². The zero-order chi connectivity index (χ0) is 20.4. The van der Waals surface area contributed by atoms with Gasteiger partial charge in [-0.25, -0.2) is 4.99 Å². The molecule has 1 amide bonds. The average Bonchev–Trinajstić information content (AvgIpc) is 2.94. The van der Waals surface area contributed by atoms with Gasteiger partial charge >= 0.3 is 5.69 Å². The number of nitrogens with zero attached hydrogens (tertiary/aromatic N) is 2. The Labute approximate surface area is 165 Å². The lowest BCUT2D eigenvalue weighted by Gasteiger charge is -2.05. The predicted octanol–water partition coefficient (Wildman–Crippen LogP) is 3.82. The molecular weight excluding hydrogens is 382 g/mol. The van der Waals surface area contributed by atoms with E-state index in [-0.39, 0.29) is 11.7 Å². The van der Waals surface area contributed by atoms with Gasteiger partial charge in [0.2, 0.25) is 5.75 Å². The number of thioether (sulfide) groups is 1. The van der Waals surface area contributed by atoms with E-state index in [2.05, 4.69) is 10.3 Å². The second-order valence-electron chi connectivity index (χ2n) is 6.18. The van der Waals surface area contributed by atoms with Crippen molar-refractivity contribution in [2.24, 2.45) is 4.99 Å². The number of amides is 1. The maximum Gasteiger partial charge on any atom is 0.315 e. The van der Waals surface area contributed by atoms with Gasteiger partial charge in [-0.2, -0.15) is 0 Å². The SMILES string of the molecule is COc1cc(/C=C2\SC(=Nc3cc(C)cc(C)c3)NC2=O)cc([N+](=O)[O-])c1O. The third-order valence-electron chi connectivity index (χ3n) is 3.88. The molecule has 0 aromatic heterocycles. The maximum atomic E-state index is 12.3. The van der Waals surface area contributed by atoms with Crippen molar-refractivity contribution in [3.05, 3.63) is 62.0 Å². The number of nitro benzene ring substituents is 1. The minimum atomic E-state index is -0.714. The van der Waals surface area contributed by atoms with Gasteiger partial charge < -0.3 is 15.2 Å². The number of ether oxygens (including phenoxy) is 1. The first kappa shape index (κ1) is 19.4. The van der Waals surface area contributed by atoms with Crippen LogP contribution >= 0.6 is 11.8 Å². The molecule has 8 nitrogen and oxygen atoms in total. The number of amidine groups is 1. The van der Waals surface area contributed by atoms with Crippen LogP contribution < -0.4 is 10.1 Å². The highest BCUT2D eigenvalue weighted by Gasteiger charge is 2.25. The minimum absolute atomic E-state index is 0.0476. The second kappa shape index (κ2) is 7.73. The topological polar surface area (TPSA) is 114 Å². The average molecular weight is 399 g/mol. The Morgan fingerprint density at radius 3 is 2.50 bits per heavy atom. The van der Waals surface area contributed by atoms with E-state index in [1.807, 2.05) is 32.0 Å². The first-order valence-electron chi connectivity index (χ1n) is 8.20. The molecule has 0 radical (unpaired) electrons. The number of carbonyl (C=O) groups is 1. The summed E-state index contributed by atoms with van der Waals surface area (Å²) >= 11 is 1.13. The Bertz CT molecular complexity index is 1030. The van der Waals surface area contributed by atoms with Crippen molar-refractivity contribution in [3.63, 3.8) is 0 Å². The van der Waals surface area contributed by atoms with Crippen LogP contribution in [0.15, 0.2) is 40.2 Å². The van der Waals surface area contributed by atoms with Crippen LogP contribution in [0.5, 0.6) is 11.5 Å². The number of hydrogen-bond donors (Lipinski definition) is 2. The molecular formula is C19H17N3O5S. The highest BCUT2D eigenvalue weighted by molar-refractivity contribution is 8.18. The number of methoxy groups -OCH3 is 1. The van der Waals surface area contributed by atoms with Crippen molar-refractivity contribution in [2.75, 3.05) is 7.11 Å². The summed E-state index contributed by atoms with van der Waals surface area (Å²) in [5, 5.41) is 24.1. The standard InChI is InChI=1S/C19H17N3O5S/c1-10-4-11(2)6-13(5-10)20-19-21-18(24)16(28-19)9-12-7-14(22(25)26)17(23)15(8-12)27-3/h4-9,23H,1-3H3,(H,20,21,24)/b16-9-. The Morgan fingerprint density at radius 1 is 1.21 bits per heavy atom. The van der Waals surface area contributed by atoms with E-state index in [0.29, 0.717) is 15.6 Å². The zero-order valence-corrected chi connectivity index (χ0v) is 16.2. The maximum absolute atomic E-state index is 12.3. The highest BCUT2D eigenvalue weighted by atomic mass is 32.2. The molecule has 28 heavy (non-hydrogen) atoms. The summed E-state index contributed by atoms with van der Waals surface area (Å²) in [5.74, 6) is -0.966. The van der Waals surface area contributed by atoms with Gasteiger partial charge in [-0.15, -0.1) is 0 Å². The summed E-state index contributed by atoms with van der Waals surface area (Å²) < 4.78 is 4.98. The zero-order valence-electron chi connectivity index (χ0n) is 15.3. The molecule has 9 heteroatoms. The highest BCUT2D eigenvalue weighted by Crippen LogP contribution is 2.38. The summed E-state index contributed by atoms with van der Waals surface area (Å²) in [4.78, 5) is 27.4. The lowest BCUT2D eigenvalue weighted by Crippen LogP contribution is -2.19. The van der Waals surface area contributed by atoms with Crippen molar-refractivity contribution in [2.45, 2.75) is 13.8 Å². The number of aliphatic imine (C=N–C) groups is 1. The molecule has 0 atom stereocenters. The molecule has 144 valence electrons. The normalized spacial score (nSPS) is 16.5. The Hall–Kier alpha value is -3.33. The number of nitro groups is 1. The van der Waals surface area contributed by atoms with Crippen molar-refractivity contribution < 1.29 is 19.6 Å². The lowest BCUT2D eigenvalue weighted by atomic mass is 10.1. The van der Waals surface area contributed by atoms with Gasteiger partial charge in [0.05, 0.1) is 22.6 Å². The summed E-state index contributed by atoms with van der Waals surface area (Å²) in [6, 6.07) is 8.44. The van der Waals surface area contributed by atoms with Gasteiger partial charge in [-0.1, -0.05) is 6.07 Å². The van der Waals surface area contributed by atoms with Gasteiger partial charge in [-0.3, -0.25) is 14.9 Å². The van der Waals surface area contributed by atoms with E-state index in [0.717, 1.165) is 28.6 Å². The van der Waals surface area contributed by atoms with Crippen LogP contribution in [0, 0.1) is 24.0 Å². The van der Waals surface area contributed by atoms with Crippen LogP contribution in [0.3, 0.4) is 0 Å². The largest absolute Gasteiger partial charge is 0.500 e. The Kier molecular flexibility index (Phi) is 5.36. The fourth-order valence-corrected chi connectivity index (χ4v) is 3.60. The number of phenolic OH excluding ortho intramolecular Hbond substituents is 1. The molecule has 1 aliphatic rings. The Morgan fingerprint density at radius 2 is 1.89 bits per heavy atom. The molecule has 2 aromatic carbocycles. The van der Waals surface area contributed by atoms with E-state index in [1.165, 1.54) is 25.3 Å². The van der Waals surface area contributed by atoms with Crippen molar-refractivity contribution in [3.8, 4) is 11.5 Å². The van der Waals surface area contributed by atoms with Gasteiger partial charge in [0.1, 0.15) is 0 Å². The summed E-state index contributed by atoms with van der Waals surface area (Å²) in [7, 11) is 1.29. The number of aromatic hydroxyl groups is 1. The molecule has 3 rings (SSSR count). The molecule has 2 N–H and O–H groups in total. The van der Waals surface area contributed by atoms with E-state index in [9.17, 15) is 20.0 Å². The first-order chi connectivity index (χ1) is 13.3. The summed E-state index contributed by atoms with van der Waals surface area (Å²) in [5.41, 5.74) is 2.70. The van der Waals surface area contributed by atoms with E-state index >= 15 is 0 Å². The van der Waals surface area contributed by atoms with Crippen LogP contribution in [0.25, 0.3) is 6.08 Å². The van der Waals surface area contributed by atoms with Gasteiger partial charge in [-0.05, 0) is 66.6 Å². The van der Waals surface area contributed by atoms with Gasteiger partial charge in [0, 0.05) is 6.07 Å². The van der Waals surface area contributed by atoms with Crippen LogP contribution in [0.4, 0.5) is 11.4 Å². The molecule has 1 fully saturated rings. The monoisotopic (exact) mass is 399 g/mol. The van der Waals surface area contributed by atoms with Crippen LogP contribution in [-0.4, -0.2) is 28.2 Å². The van der Waals surface area contributed by atoms with E-state index in [4.69, 9.17) is 4.74 Å². The number of rotatable bonds is 4. The molecule has 0 spiro atoms. The predicted molar refractivity (Wildman–Crippen MR) is 108 cm³/mol. The number of benzene rings is 2. The fraction of sp³-hybridized carbons (Fsp3) is 0.158. The van der Waals surface area contributed by atoms with Crippen LogP contribution in [-0.2, 0) is 4.79 Å². The molecule has 1 heterocycles. The molecule has 1 saturated heterocycles. The number of phenols is 1. The molecule has 0 unspecified atom stereocenters. The van der Waals surface area contributed by atoms with Crippen molar-refractivity contribution >= 4 is 40.3 Å². The lowest BCUT2D eigenvalue weighted by molar-refractivity contribution is -0.386. The minimum Gasteiger partial charge on any atom is -0.500 e. The molecule has 0 aliphatic carbocycles. The van der Waals surface area contributed by atoms with Crippen LogP contribution in [0.1, 0.15) is 16.7 Å². The first-order valence-corrected chi connectivity index (χ1v) is 9.01. The third-order valence-corrected chi connectivity index (χ3v) is 4.79. The number of aryl methyl sites for hydroxylation is 2. The molecule has 1 aliphatic heterocycles. The Balaban J connectivity index is 1.93. The fourth-order valence-electron chi connectivity index (χ4n) is 2.76. The van der Waals surface area contributed by atoms with Crippen molar-refractivity contribution in [1.29, 1.82) is 0 Å². The molecule has 0 saturated carbocycles.